The van der Waals surface area contributed by atoms with Gasteiger partial charge in [0.2, 0.25) is 5.91 Å². The summed E-state index contributed by atoms with van der Waals surface area (Å²) in [5.41, 5.74) is 0. The van der Waals surface area contributed by atoms with Gasteiger partial charge in [-0.25, -0.2) is 0 Å². The van der Waals surface area contributed by atoms with Crippen LogP contribution in [0.15, 0.2) is 12.7 Å². The van der Waals surface area contributed by atoms with E-state index in [0.717, 1.165) is 13.0 Å². The first kappa shape index (κ1) is 15.1. The van der Waals surface area contributed by atoms with E-state index >= 15 is 0 Å². The van der Waals surface area contributed by atoms with Gasteiger partial charge in [-0.05, 0) is 27.4 Å². The Morgan fingerprint density at radius 3 is 2.89 bits per heavy atom. The molecule has 1 aliphatic rings. The van der Waals surface area contributed by atoms with Gasteiger partial charge in [0.05, 0.1) is 12.1 Å². The van der Waals surface area contributed by atoms with Gasteiger partial charge in [0.15, 0.2) is 0 Å². The number of aliphatic hydroxyl groups excluding tert-OH is 1. The van der Waals surface area contributed by atoms with Crippen molar-refractivity contribution in [3.8, 4) is 0 Å². The number of likely N-dealkylation sites (tertiary alicyclic amines) is 1. The molecule has 1 rings (SSSR count). The van der Waals surface area contributed by atoms with Crippen molar-refractivity contribution < 1.29 is 9.90 Å². The van der Waals surface area contributed by atoms with Gasteiger partial charge in [0.1, 0.15) is 0 Å². The van der Waals surface area contributed by atoms with E-state index in [2.05, 4.69) is 21.7 Å². The van der Waals surface area contributed by atoms with Crippen molar-refractivity contribution in [1.82, 2.24) is 15.1 Å². The fourth-order valence-corrected chi connectivity index (χ4v) is 2.46. The summed E-state index contributed by atoms with van der Waals surface area (Å²) in [6.45, 7) is 7.38. The number of rotatable bonds is 6. The van der Waals surface area contributed by atoms with Gasteiger partial charge >= 0.3 is 0 Å². The molecule has 18 heavy (non-hydrogen) atoms. The van der Waals surface area contributed by atoms with E-state index in [9.17, 15) is 9.90 Å². The molecule has 1 saturated heterocycles. The highest BCUT2D eigenvalue weighted by molar-refractivity contribution is 5.81. The summed E-state index contributed by atoms with van der Waals surface area (Å²) in [7, 11) is 4.01. The predicted octanol–water partition coefficient (Wildman–Crippen LogP) is -0.326. The molecule has 0 saturated carbocycles. The molecular weight excluding hydrogens is 230 g/mol. The van der Waals surface area contributed by atoms with Crippen LogP contribution in [0.2, 0.25) is 0 Å². The van der Waals surface area contributed by atoms with Crippen molar-refractivity contribution in [3.05, 3.63) is 12.7 Å². The average Bonchev–Trinajstić information content (AvgIpc) is 2.65. The van der Waals surface area contributed by atoms with Crippen LogP contribution in [0.5, 0.6) is 0 Å². The number of β-amino-alcohol motifs (C(OH)–C–C–N with tert-alkyl or cyclic N) is 1. The zero-order valence-corrected chi connectivity index (χ0v) is 11.6. The van der Waals surface area contributed by atoms with Gasteiger partial charge in [-0.15, -0.1) is 6.58 Å². The van der Waals surface area contributed by atoms with E-state index in [0.29, 0.717) is 13.1 Å². The molecule has 5 heteroatoms. The highest BCUT2D eigenvalue weighted by Crippen LogP contribution is 2.21. The van der Waals surface area contributed by atoms with Crippen LogP contribution in [0.25, 0.3) is 0 Å². The number of carbonyl (C=O) groups excluding carboxylic acids is 1. The summed E-state index contributed by atoms with van der Waals surface area (Å²) in [6.07, 6.45) is 2.07. The average molecular weight is 255 g/mol. The van der Waals surface area contributed by atoms with E-state index in [1.54, 1.807) is 6.08 Å². The molecule has 0 radical (unpaired) electrons. The van der Waals surface area contributed by atoms with Crippen molar-refractivity contribution in [1.29, 1.82) is 0 Å². The SMILES string of the molecule is C=CCNC(=O)C(C)N1CC(O)CC1CN(C)C. The van der Waals surface area contributed by atoms with E-state index in [1.807, 2.05) is 21.0 Å². The highest BCUT2D eigenvalue weighted by atomic mass is 16.3. The van der Waals surface area contributed by atoms with Gasteiger partial charge in [-0.2, -0.15) is 0 Å². The van der Waals surface area contributed by atoms with E-state index in [-0.39, 0.29) is 24.1 Å². The lowest BCUT2D eigenvalue weighted by Crippen LogP contribution is -2.49. The smallest absolute Gasteiger partial charge is 0.237 e. The van der Waals surface area contributed by atoms with Crippen LogP contribution in [0.4, 0.5) is 0 Å². The Morgan fingerprint density at radius 1 is 1.67 bits per heavy atom. The first-order chi connectivity index (χ1) is 8.45. The van der Waals surface area contributed by atoms with Crippen LogP contribution in [-0.4, -0.2) is 72.7 Å². The summed E-state index contributed by atoms with van der Waals surface area (Å²) in [4.78, 5) is 16.1. The second-order valence-electron chi connectivity index (χ2n) is 5.21. The van der Waals surface area contributed by atoms with Crippen LogP contribution in [0.1, 0.15) is 13.3 Å². The lowest BCUT2D eigenvalue weighted by atomic mass is 10.1. The molecule has 0 aromatic rings. The minimum absolute atomic E-state index is 0.00671. The molecule has 0 aromatic carbocycles. The Labute approximate surface area is 109 Å². The zero-order chi connectivity index (χ0) is 13.7. The maximum absolute atomic E-state index is 11.9. The fraction of sp³-hybridized carbons (Fsp3) is 0.769. The maximum atomic E-state index is 11.9. The molecule has 2 N–H and O–H groups in total. The Bertz CT molecular complexity index is 294. The van der Waals surface area contributed by atoms with Crippen LogP contribution in [0.3, 0.4) is 0 Å². The van der Waals surface area contributed by atoms with Crippen molar-refractivity contribution in [3.63, 3.8) is 0 Å². The van der Waals surface area contributed by atoms with E-state index < -0.39 is 0 Å². The molecule has 1 heterocycles. The molecule has 0 bridgehead atoms. The van der Waals surface area contributed by atoms with Crippen LogP contribution in [-0.2, 0) is 4.79 Å². The highest BCUT2D eigenvalue weighted by Gasteiger charge is 2.36. The molecule has 1 amide bonds. The Morgan fingerprint density at radius 2 is 2.33 bits per heavy atom. The second-order valence-corrected chi connectivity index (χ2v) is 5.21. The quantitative estimate of drug-likeness (QED) is 0.638. The molecule has 1 fully saturated rings. The fourth-order valence-electron chi connectivity index (χ4n) is 2.46. The number of nitrogens with one attached hydrogen (secondary N) is 1. The largest absolute Gasteiger partial charge is 0.392 e. The van der Waals surface area contributed by atoms with Crippen molar-refractivity contribution >= 4 is 5.91 Å². The molecule has 1 aliphatic heterocycles. The molecular formula is C13H25N3O2. The van der Waals surface area contributed by atoms with E-state index in [4.69, 9.17) is 0 Å². The predicted molar refractivity (Wildman–Crippen MR) is 72.3 cm³/mol. The summed E-state index contributed by atoms with van der Waals surface area (Å²) >= 11 is 0. The first-order valence-electron chi connectivity index (χ1n) is 6.42. The Kier molecular flexibility index (Phi) is 5.78. The van der Waals surface area contributed by atoms with Gasteiger partial charge in [-0.3, -0.25) is 9.69 Å². The van der Waals surface area contributed by atoms with Crippen molar-refractivity contribution in [2.45, 2.75) is 31.5 Å². The van der Waals surface area contributed by atoms with Gasteiger partial charge in [0.25, 0.3) is 0 Å². The number of likely N-dealkylation sites (N-methyl/N-ethyl adjacent to an activating group) is 1. The summed E-state index contributed by atoms with van der Waals surface area (Å²) in [5, 5.41) is 12.6. The van der Waals surface area contributed by atoms with Crippen LogP contribution >= 0.6 is 0 Å². The number of amides is 1. The van der Waals surface area contributed by atoms with Gasteiger partial charge in [-0.1, -0.05) is 6.08 Å². The third-order valence-corrected chi connectivity index (χ3v) is 3.31. The van der Waals surface area contributed by atoms with Crippen molar-refractivity contribution in [2.24, 2.45) is 0 Å². The number of hydrogen-bond acceptors (Lipinski definition) is 4. The molecule has 104 valence electrons. The van der Waals surface area contributed by atoms with E-state index in [1.165, 1.54) is 0 Å². The minimum Gasteiger partial charge on any atom is -0.392 e. The Hall–Kier alpha value is -0.910. The maximum Gasteiger partial charge on any atom is 0.237 e. The second kappa shape index (κ2) is 6.87. The van der Waals surface area contributed by atoms with Crippen LogP contribution < -0.4 is 5.32 Å². The third-order valence-electron chi connectivity index (χ3n) is 3.31. The lowest BCUT2D eigenvalue weighted by molar-refractivity contribution is -0.126. The molecule has 3 unspecified atom stereocenters. The lowest BCUT2D eigenvalue weighted by Gasteiger charge is -2.31. The molecule has 5 nitrogen and oxygen atoms in total. The third kappa shape index (κ3) is 4.08. The summed E-state index contributed by atoms with van der Waals surface area (Å²) in [6, 6.07) is 0.0199. The van der Waals surface area contributed by atoms with Gasteiger partial charge < -0.3 is 15.3 Å². The number of nitrogens with zero attached hydrogens (tertiary/aromatic N) is 2. The standard InChI is InChI=1S/C13H25N3O2/c1-5-6-14-13(18)10(2)16-9-12(17)7-11(16)8-15(3)4/h5,10-12,17H,1,6-9H2,2-4H3,(H,14,18). The summed E-state index contributed by atoms with van der Waals surface area (Å²) < 4.78 is 0. The number of aliphatic hydroxyl groups is 1. The topological polar surface area (TPSA) is 55.8 Å². The summed E-state index contributed by atoms with van der Waals surface area (Å²) in [5.74, 6) is -0.00671. The zero-order valence-electron chi connectivity index (χ0n) is 11.6. The number of carbonyl (C=O) groups is 1. The minimum atomic E-state index is -0.329. The molecule has 3 atom stereocenters. The number of hydrogen-bond donors (Lipinski definition) is 2. The first-order valence-corrected chi connectivity index (χ1v) is 6.42. The van der Waals surface area contributed by atoms with Crippen LogP contribution in [0, 0.1) is 0 Å². The molecule has 0 aliphatic carbocycles. The Balaban J connectivity index is 2.60. The van der Waals surface area contributed by atoms with Gasteiger partial charge in [0, 0.05) is 25.7 Å². The normalized spacial score (nSPS) is 26.3. The molecule has 0 spiro atoms. The monoisotopic (exact) mass is 255 g/mol. The van der Waals surface area contributed by atoms with Crippen molar-refractivity contribution in [2.75, 3.05) is 33.7 Å². The molecule has 0 aromatic heterocycles.